The number of nitrogens with zero attached hydrogens (tertiary/aromatic N) is 1. The molecule has 0 bridgehead atoms. The van der Waals surface area contributed by atoms with Crippen molar-refractivity contribution in [2.45, 2.75) is 20.3 Å². The Hall–Kier alpha value is -0.790. The molecule has 0 rings (SSSR count). The van der Waals surface area contributed by atoms with Crippen LogP contribution in [0.4, 0.5) is 0 Å². The Kier molecular flexibility index (Phi) is 3.76. The summed E-state index contributed by atoms with van der Waals surface area (Å²) in [7, 11) is 1.68. The molecule has 9 heavy (non-hydrogen) atoms. The van der Waals surface area contributed by atoms with Crippen LogP contribution in [0.5, 0.6) is 0 Å². The molecule has 0 aromatic carbocycles. The van der Waals surface area contributed by atoms with Gasteiger partial charge in [0.25, 0.3) is 0 Å². The number of aliphatic hydroxyl groups excluding tert-OH is 1. The van der Waals surface area contributed by atoms with Crippen molar-refractivity contribution in [1.29, 1.82) is 0 Å². The third-order valence-electron chi connectivity index (χ3n) is 1.17. The summed E-state index contributed by atoms with van der Waals surface area (Å²) >= 11 is 0. The van der Waals surface area contributed by atoms with E-state index in [2.05, 4.69) is 4.99 Å². The zero-order valence-corrected chi connectivity index (χ0v) is 6.18. The predicted molar refractivity (Wildman–Crippen MR) is 40.0 cm³/mol. The quantitative estimate of drug-likeness (QED) is 0.446. The first-order valence-corrected chi connectivity index (χ1v) is 3.07. The Morgan fingerprint density at radius 2 is 2.22 bits per heavy atom. The van der Waals surface area contributed by atoms with E-state index in [1.807, 2.05) is 6.92 Å². The average molecular weight is 127 g/mol. The molecule has 0 heterocycles. The molecular formula is C7H13NO. The smallest absolute Gasteiger partial charge is 0.132 e. The van der Waals surface area contributed by atoms with Gasteiger partial charge in [-0.25, -0.2) is 0 Å². The highest BCUT2D eigenvalue weighted by Crippen LogP contribution is 1.96. The molecule has 1 N–H and O–H groups in total. The predicted octanol–water partition coefficient (Wildman–Crippen LogP) is 1.93. The van der Waals surface area contributed by atoms with Gasteiger partial charge in [0.15, 0.2) is 0 Å². The van der Waals surface area contributed by atoms with E-state index >= 15 is 0 Å². The second-order valence-corrected chi connectivity index (χ2v) is 1.70. The van der Waals surface area contributed by atoms with Gasteiger partial charge in [-0.3, -0.25) is 4.99 Å². The van der Waals surface area contributed by atoms with Crippen LogP contribution in [0.3, 0.4) is 0 Å². The van der Waals surface area contributed by atoms with Crippen LogP contribution in [0.1, 0.15) is 20.3 Å². The first-order valence-electron chi connectivity index (χ1n) is 3.07. The highest BCUT2D eigenvalue weighted by Gasteiger charge is 1.96. The van der Waals surface area contributed by atoms with Gasteiger partial charge in [-0.2, -0.15) is 0 Å². The molecule has 0 saturated carbocycles. The van der Waals surface area contributed by atoms with Gasteiger partial charge in [0.05, 0.1) is 5.71 Å². The molecule has 0 aromatic rings. The van der Waals surface area contributed by atoms with E-state index in [1.165, 1.54) is 0 Å². The van der Waals surface area contributed by atoms with Gasteiger partial charge in [-0.15, -0.1) is 0 Å². The minimum atomic E-state index is 0.292. The lowest BCUT2D eigenvalue weighted by Crippen LogP contribution is -1.99. The minimum absolute atomic E-state index is 0.292. The second kappa shape index (κ2) is 4.13. The van der Waals surface area contributed by atoms with Crippen LogP contribution in [-0.4, -0.2) is 17.9 Å². The molecule has 0 aliphatic carbocycles. The van der Waals surface area contributed by atoms with Crippen molar-refractivity contribution in [2.75, 3.05) is 7.05 Å². The van der Waals surface area contributed by atoms with E-state index in [4.69, 9.17) is 5.11 Å². The Labute approximate surface area is 55.9 Å². The number of aliphatic imine (C=N–C) groups is 1. The van der Waals surface area contributed by atoms with Crippen LogP contribution in [-0.2, 0) is 0 Å². The van der Waals surface area contributed by atoms with Crippen LogP contribution in [0, 0.1) is 0 Å². The molecule has 0 aliphatic rings. The average Bonchev–Trinajstić information content (AvgIpc) is 1.90. The van der Waals surface area contributed by atoms with Gasteiger partial charge in [0, 0.05) is 7.05 Å². The van der Waals surface area contributed by atoms with Gasteiger partial charge in [0.2, 0.25) is 0 Å². The summed E-state index contributed by atoms with van der Waals surface area (Å²) in [5.41, 5.74) is 0.762. The lowest BCUT2D eigenvalue weighted by atomic mass is 10.2. The lowest BCUT2D eigenvalue weighted by Gasteiger charge is -1.97. The Morgan fingerprint density at radius 1 is 1.67 bits per heavy atom. The van der Waals surface area contributed by atoms with Gasteiger partial charge in [-0.05, 0) is 19.4 Å². The third-order valence-corrected chi connectivity index (χ3v) is 1.17. The fourth-order valence-corrected chi connectivity index (χ4v) is 0.620. The highest BCUT2D eigenvalue weighted by atomic mass is 16.3. The molecule has 0 unspecified atom stereocenters. The van der Waals surface area contributed by atoms with Crippen molar-refractivity contribution >= 4 is 5.71 Å². The molecule has 0 radical (unpaired) electrons. The number of hydrogen-bond acceptors (Lipinski definition) is 2. The van der Waals surface area contributed by atoms with E-state index in [9.17, 15) is 0 Å². The van der Waals surface area contributed by atoms with E-state index in [1.54, 1.807) is 20.0 Å². The Balaban J connectivity index is 4.14. The lowest BCUT2D eigenvalue weighted by molar-refractivity contribution is 0.440. The van der Waals surface area contributed by atoms with Gasteiger partial charge in [-0.1, -0.05) is 6.92 Å². The summed E-state index contributed by atoms with van der Waals surface area (Å²) in [4.78, 5) is 3.88. The molecular weight excluding hydrogens is 114 g/mol. The van der Waals surface area contributed by atoms with Crippen molar-refractivity contribution in [3.05, 3.63) is 11.8 Å². The topological polar surface area (TPSA) is 32.6 Å². The maximum Gasteiger partial charge on any atom is 0.132 e. The molecule has 0 saturated heterocycles. The normalized spacial score (nSPS) is 14.1. The van der Waals surface area contributed by atoms with Crippen molar-refractivity contribution in [1.82, 2.24) is 0 Å². The van der Waals surface area contributed by atoms with Crippen LogP contribution in [0.2, 0.25) is 0 Å². The van der Waals surface area contributed by atoms with Crippen LogP contribution < -0.4 is 0 Å². The molecule has 0 aromatic heterocycles. The van der Waals surface area contributed by atoms with Crippen LogP contribution in [0.25, 0.3) is 0 Å². The molecule has 0 atom stereocenters. The molecule has 0 spiro atoms. The summed E-state index contributed by atoms with van der Waals surface area (Å²) in [6.45, 7) is 3.75. The largest absolute Gasteiger partial charge is 0.506 e. The van der Waals surface area contributed by atoms with E-state index < -0.39 is 0 Å². The standard InChI is InChI=1S/C7H13NO/c1-4-6(8-3)7(9)5-2/h5,9H,4H2,1-3H3/b7-5+,8-6?. The SMILES string of the molecule is C/C=C(/O)C(CC)=NC. The van der Waals surface area contributed by atoms with E-state index in [0.717, 1.165) is 12.1 Å². The summed E-state index contributed by atoms with van der Waals surface area (Å²) < 4.78 is 0. The minimum Gasteiger partial charge on any atom is -0.506 e. The first kappa shape index (κ1) is 8.21. The van der Waals surface area contributed by atoms with Crippen LogP contribution in [0.15, 0.2) is 16.8 Å². The molecule has 0 aliphatic heterocycles. The second-order valence-electron chi connectivity index (χ2n) is 1.70. The van der Waals surface area contributed by atoms with Crippen molar-refractivity contribution in [3.63, 3.8) is 0 Å². The van der Waals surface area contributed by atoms with E-state index in [0.29, 0.717) is 5.76 Å². The van der Waals surface area contributed by atoms with Crippen LogP contribution >= 0.6 is 0 Å². The van der Waals surface area contributed by atoms with Crippen molar-refractivity contribution < 1.29 is 5.11 Å². The molecule has 2 nitrogen and oxygen atoms in total. The zero-order valence-electron chi connectivity index (χ0n) is 6.18. The van der Waals surface area contributed by atoms with Gasteiger partial charge >= 0.3 is 0 Å². The Morgan fingerprint density at radius 3 is 2.33 bits per heavy atom. The summed E-state index contributed by atoms with van der Waals surface area (Å²) in [6.07, 6.45) is 2.43. The van der Waals surface area contributed by atoms with Gasteiger partial charge < -0.3 is 5.11 Å². The number of rotatable bonds is 2. The number of hydrogen-bond donors (Lipinski definition) is 1. The monoisotopic (exact) mass is 127 g/mol. The molecule has 2 heteroatoms. The van der Waals surface area contributed by atoms with Crippen molar-refractivity contribution in [3.8, 4) is 0 Å². The summed E-state index contributed by atoms with van der Waals surface area (Å²) in [5.74, 6) is 0.292. The highest BCUT2D eigenvalue weighted by molar-refractivity contribution is 5.97. The van der Waals surface area contributed by atoms with E-state index in [-0.39, 0.29) is 0 Å². The van der Waals surface area contributed by atoms with Gasteiger partial charge in [0.1, 0.15) is 5.76 Å². The maximum atomic E-state index is 9.05. The Bertz CT molecular complexity index is 136. The molecule has 0 fully saturated rings. The third kappa shape index (κ3) is 2.31. The first-order chi connectivity index (χ1) is 4.26. The summed E-state index contributed by atoms with van der Waals surface area (Å²) in [6, 6.07) is 0. The summed E-state index contributed by atoms with van der Waals surface area (Å²) in [5, 5.41) is 9.05. The number of allylic oxidation sites excluding steroid dienone is 2. The zero-order chi connectivity index (χ0) is 7.28. The number of aliphatic hydroxyl groups is 1. The fourth-order valence-electron chi connectivity index (χ4n) is 0.620. The van der Waals surface area contributed by atoms with Crippen molar-refractivity contribution in [2.24, 2.45) is 4.99 Å². The maximum absolute atomic E-state index is 9.05. The molecule has 0 amide bonds. The fraction of sp³-hybridized carbons (Fsp3) is 0.571. The molecule has 52 valence electrons.